The lowest BCUT2D eigenvalue weighted by Crippen LogP contribution is -2.31. The Morgan fingerprint density at radius 2 is 2.00 bits per heavy atom. The third kappa shape index (κ3) is 3.25. The molecule has 4 rings (SSSR count). The molecule has 3 nitrogen and oxygen atoms in total. The van der Waals surface area contributed by atoms with Gasteiger partial charge >= 0.3 is 0 Å². The van der Waals surface area contributed by atoms with Crippen molar-refractivity contribution in [2.45, 2.75) is 45.3 Å². The van der Waals surface area contributed by atoms with E-state index in [0.29, 0.717) is 0 Å². The minimum atomic E-state index is 0.164. The molecule has 1 aliphatic heterocycles. The highest BCUT2D eigenvalue weighted by Crippen LogP contribution is 2.41. The minimum absolute atomic E-state index is 0.164. The minimum Gasteiger partial charge on any atom is -0.496 e. The summed E-state index contributed by atoms with van der Waals surface area (Å²) in [5, 5.41) is 0. The molecular formula is C22H27NO2. The van der Waals surface area contributed by atoms with Gasteiger partial charge in [0.1, 0.15) is 5.75 Å². The molecule has 1 heterocycles. The number of fused-ring (bicyclic) bond motifs is 1. The second-order valence-electron chi connectivity index (χ2n) is 7.27. The Balaban J connectivity index is 1.71. The Morgan fingerprint density at radius 1 is 1.16 bits per heavy atom. The summed E-state index contributed by atoms with van der Waals surface area (Å²) in [5.74, 6) is 1.72. The molecule has 0 N–H and O–H groups in total. The summed E-state index contributed by atoms with van der Waals surface area (Å²) in [6.45, 7) is 6.87. The summed E-state index contributed by atoms with van der Waals surface area (Å²) >= 11 is 0. The van der Waals surface area contributed by atoms with Gasteiger partial charge in [0.15, 0.2) is 0 Å². The quantitative estimate of drug-likeness (QED) is 0.788. The molecule has 1 unspecified atom stereocenters. The van der Waals surface area contributed by atoms with Crippen molar-refractivity contribution in [2.24, 2.45) is 0 Å². The Labute approximate surface area is 150 Å². The highest BCUT2D eigenvalue weighted by Gasteiger charge is 2.26. The van der Waals surface area contributed by atoms with Gasteiger partial charge in [-0.1, -0.05) is 24.3 Å². The Kier molecular flexibility index (Phi) is 4.43. The number of rotatable bonds is 3. The van der Waals surface area contributed by atoms with E-state index in [2.05, 4.69) is 49.1 Å². The topological polar surface area (TPSA) is 21.7 Å². The number of benzene rings is 2. The second kappa shape index (κ2) is 6.72. The maximum atomic E-state index is 6.10. The van der Waals surface area contributed by atoms with Crippen LogP contribution in [0, 0.1) is 6.92 Å². The molecule has 2 aliphatic rings. The summed E-state index contributed by atoms with van der Waals surface area (Å²) in [4.78, 5) is 2.43. The van der Waals surface area contributed by atoms with E-state index in [1.165, 1.54) is 40.8 Å². The lowest BCUT2D eigenvalue weighted by atomic mass is 9.97. The monoisotopic (exact) mass is 337 g/mol. The molecule has 0 spiro atoms. The van der Waals surface area contributed by atoms with Crippen LogP contribution in [0.1, 0.15) is 54.0 Å². The van der Waals surface area contributed by atoms with Crippen molar-refractivity contribution in [1.82, 2.24) is 0 Å². The number of nitrogens with zero attached hydrogens (tertiary/aromatic N) is 1. The average molecular weight is 337 g/mol. The third-order valence-electron chi connectivity index (χ3n) is 5.56. The van der Waals surface area contributed by atoms with Gasteiger partial charge in [-0.2, -0.15) is 0 Å². The number of hydrogen-bond acceptors (Lipinski definition) is 3. The normalized spacial score (nSPS) is 20.6. The van der Waals surface area contributed by atoms with Crippen molar-refractivity contribution in [2.75, 3.05) is 25.2 Å². The molecule has 0 saturated heterocycles. The van der Waals surface area contributed by atoms with Gasteiger partial charge in [0.25, 0.3) is 0 Å². The zero-order valence-electron chi connectivity index (χ0n) is 15.4. The SMILES string of the molecule is COc1cccc(N2CCOC(C)c3ccc(C4CC4)cc3C2)c1C. The van der Waals surface area contributed by atoms with Gasteiger partial charge in [0.2, 0.25) is 0 Å². The highest BCUT2D eigenvalue weighted by molar-refractivity contribution is 5.59. The van der Waals surface area contributed by atoms with E-state index in [9.17, 15) is 0 Å². The van der Waals surface area contributed by atoms with Crippen LogP contribution >= 0.6 is 0 Å². The summed E-state index contributed by atoms with van der Waals surface area (Å²) in [6, 6.07) is 13.3. The predicted molar refractivity (Wildman–Crippen MR) is 102 cm³/mol. The van der Waals surface area contributed by atoms with Crippen LogP contribution in [0.3, 0.4) is 0 Å². The first-order chi connectivity index (χ1) is 12.2. The molecule has 25 heavy (non-hydrogen) atoms. The van der Waals surface area contributed by atoms with Gasteiger partial charge in [-0.3, -0.25) is 0 Å². The number of anilines is 1. The largest absolute Gasteiger partial charge is 0.496 e. The fourth-order valence-electron chi connectivity index (χ4n) is 3.92. The number of methoxy groups -OCH3 is 1. The van der Waals surface area contributed by atoms with Gasteiger partial charge in [0.05, 0.1) is 19.8 Å². The van der Waals surface area contributed by atoms with Crippen molar-refractivity contribution in [1.29, 1.82) is 0 Å². The molecule has 0 amide bonds. The van der Waals surface area contributed by atoms with Crippen LogP contribution < -0.4 is 9.64 Å². The van der Waals surface area contributed by atoms with Crippen LogP contribution in [0.15, 0.2) is 36.4 Å². The maximum absolute atomic E-state index is 6.10. The zero-order chi connectivity index (χ0) is 17.4. The maximum Gasteiger partial charge on any atom is 0.123 e. The smallest absolute Gasteiger partial charge is 0.123 e. The van der Waals surface area contributed by atoms with E-state index < -0.39 is 0 Å². The first-order valence-corrected chi connectivity index (χ1v) is 9.30. The lowest BCUT2D eigenvalue weighted by molar-refractivity contribution is 0.0672. The summed E-state index contributed by atoms with van der Waals surface area (Å²) in [6.07, 6.45) is 2.84. The molecular weight excluding hydrogens is 310 g/mol. The van der Waals surface area contributed by atoms with Crippen molar-refractivity contribution in [3.63, 3.8) is 0 Å². The Morgan fingerprint density at radius 3 is 2.76 bits per heavy atom. The molecule has 0 bridgehead atoms. The molecule has 1 aliphatic carbocycles. The van der Waals surface area contributed by atoms with Crippen molar-refractivity contribution < 1.29 is 9.47 Å². The first kappa shape index (κ1) is 16.5. The molecule has 0 aromatic heterocycles. The van der Waals surface area contributed by atoms with E-state index in [4.69, 9.17) is 9.47 Å². The number of ether oxygens (including phenoxy) is 2. The summed E-state index contributed by atoms with van der Waals surface area (Å²) in [7, 11) is 1.74. The average Bonchev–Trinajstić information content (AvgIpc) is 3.44. The van der Waals surface area contributed by atoms with Crippen molar-refractivity contribution in [3.05, 3.63) is 58.7 Å². The van der Waals surface area contributed by atoms with Crippen LogP contribution in [-0.2, 0) is 11.3 Å². The van der Waals surface area contributed by atoms with E-state index >= 15 is 0 Å². The molecule has 3 heteroatoms. The van der Waals surface area contributed by atoms with E-state index in [0.717, 1.165) is 31.4 Å². The fourth-order valence-corrected chi connectivity index (χ4v) is 3.92. The molecule has 1 saturated carbocycles. The van der Waals surface area contributed by atoms with Gasteiger partial charge in [-0.25, -0.2) is 0 Å². The van der Waals surface area contributed by atoms with Crippen molar-refractivity contribution in [3.8, 4) is 5.75 Å². The highest BCUT2D eigenvalue weighted by atomic mass is 16.5. The number of hydrogen-bond donors (Lipinski definition) is 0. The van der Waals surface area contributed by atoms with Crippen LogP contribution in [-0.4, -0.2) is 20.3 Å². The molecule has 0 radical (unpaired) electrons. The molecule has 2 aromatic carbocycles. The fraction of sp³-hybridized carbons (Fsp3) is 0.455. The van der Waals surface area contributed by atoms with Gasteiger partial charge < -0.3 is 14.4 Å². The lowest BCUT2D eigenvalue weighted by Gasteiger charge is -2.32. The predicted octanol–water partition coefficient (Wildman–Crippen LogP) is 4.98. The van der Waals surface area contributed by atoms with E-state index in [1.54, 1.807) is 7.11 Å². The molecule has 1 atom stereocenters. The standard InChI is InChI=1S/C22H27NO2/c1-15-21(5-4-6-22(15)24-3)23-11-12-25-16(2)20-10-9-18(17-7-8-17)13-19(20)14-23/h4-6,9-10,13,16-17H,7-8,11-12,14H2,1-3H3. The van der Waals surface area contributed by atoms with Crippen LogP contribution in [0.5, 0.6) is 5.75 Å². The van der Waals surface area contributed by atoms with Crippen LogP contribution in [0.4, 0.5) is 5.69 Å². The second-order valence-corrected chi connectivity index (χ2v) is 7.27. The molecule has 1 fully saturated rings. The molecule has 2 aromatic rings. The van der Waals surface area contributed by atoms with Crippen molar-refractivity contribution >= 4 is 5.69 Å². The molecule has 132 valence electrons. The zero-order valence-corrected chi connectivity index (χ0v) is 15.4. The third-order valence-corrected chi connectivity index (χ3v) is 5.56. The van der Waals surface area contributed by atoms with Gasteiger partial charge in [0, 0.05) is 24.3 Å². The van der Waals surface area contributed by atoms with E-state index in [1.807, 2.05) is 6.07 Å². The Bertz CT molecular complexity index is 767. The van der Waals surface area contributed by atoms with Gasteiger partial charge in [-0.05, 0) is 61.4 Å². The van der Waals surface area contributed by atoms with Crippen LogP contribution in [0.2, 0.25) is 0 Å². The first-order valence-electron chi connectivity index (χ1n) is 9.30. The Hall–Kier alpha value is -2.00. The van der Waals surface area contributed by atoms with E-state index in [-0.39, 0.29) is 6.10 Å². The summed E-state index contributed by atoms with van der Waals surface area (Å²) < 4.78 is 11.6. The van der Waals surface area contributed by atoms with Crippen LogP contribution in [0.25, 0.3) is 0 Å². The van der Waals surface area contributed by atoms with Gasteiger partial charge in [-0.15, -0.1) is 0 Å². The summed E-state index contributed by atoms with van der Waals surface area (Å²) in [5.41, 5.74) is 6.65.